The lowest BCUT2D eigenvalue weighted by Crippen LogP contribution is -2.46. The average Bonchev–Trinajstić information content (AvgIpc) is 2.99. The van der Waals surface area contributed by atoms with Gasteiger partial charge in [-0.05, 0) is 26.0 Å². The molecule has 1 fully saturated rings. The molecule has 6 nitrogen and oxygen atoms in total. The highest BCUT2D eigenvalue weighted by molar-refractivity contribution is 14.0. The summed E-state index contributed by atoms with van der Waals surface area (Å²) in [5.74, 6) is 2.51. The highest BCUT2D eigenvalue weighted by Crippen LogP contribution is 2.16. The van der Waals surface area contributed by atoms with Crippen molar-refractivity contribution >= 4 is 63.1 Å². The number of aryl methyl sites for hydroxylation is 1. The predicted octanol–water partition coefficient (Wildman–Crippen LogP) is 2.15. The molecule has 26 heavy (non-hydrogen) atoms. The van der Waals surface area contributed by atoms with E-state index in [2.05, 4.69) is 41.6 Å². The van der Waals surface area contributed by atoms with Crippen molar-refractivity contribution in [3.8, 4) is 0 Å². The normalized spacial score (nSPS) is 17.4. The van der Waals surface area contributed by atoms with Crippen LogP contribution in [-0.2, 0) is 16.4 Å². The van der Waals surface area contributed by atoms with Gasteiger partial charge in [0.05, 0.1) is 5.75 Å². The predicted molar refractivity (Wildman–Crippen MR) is 125 cm³/mol. The highest BCUT2D eigenvalue weighted by atomic mass is 127. The van der Waals surface area contributed by atoms with Crippen LogP contribution in [0.15, 0.2) is 17.1 Å². The molecule has 0 amide bonds. The monoisotopic (exact) mass is 532 g/mol. The zero-order valence-corrected chi connectivity index (χ0v) is 20.3. The number of guanidine groups is 1. The molecule has 1 aliphatic heterocycles. The fourth-order valence-corrected chi connectivity index (χ4v) is 6.14. The molecule has 10 heteroatoms. The minimum atomic E-state index is -3.19. The maximum absolute atomic E-state index is 12.3. The summed E-state index contributed by atoms with van der Waals surface area (Å²) in [7, 11) is -1.48. The van der Waals surface area contributed by atoms with Gasteiger partial charge in [-0.3, -0.25) is 4.99 Å². The van der Waals surface area contributed by atoms with E-state index in [0.29, 0.717) is 25.6 Å². The Balaban J connectivity index is 0.00000338. The van der Waals surface area contributed by atoms with Crippen LogP contribution in [0.4, 0.5) is 0 Å². The Morgan fingerprint density at radius 3 is 2.62 bits per heavy atom. The molecule has 0 bridgehead atoms. The van der Waals surface area contributed by atoms with Crippen LogP contribution >= 0.6 is 47.1 Å². The molecule has 2 N–H and O–H groups in total. The molecule has 1 unspecified atom stereocenters. The van der Waals surface area contributed by atoms with Gasteiger partial charge in [0.1, 0.15) is 0 Å². The maximum Gasteiger partial charge on any atom is 0.215 e. The fraction of sp³-hybridized carbons (Fsp3) is 0.688. The van der Waals surface area contributed by atoms with Crippen molar-refractivity contribution < 1.29 is 8.42 Å². The molecule has 0 radical (unpaired) electrons. The first-order valence-corrected chi connectivity index (χ1v) is 12.1. The zero-order chi connectivity index (χ0) is 18.3. The number of halogens is 1. The van der Waals surface area contributed by atoms with Gasteiger partial charge in [-0.2, -0.15) is 11.8 Å². The van der Waals surface area contributed by atoms with Crippen LogP contribution in [0, 0.1) is 6.92 Å². The molecule has 0 saturated carbocycles. The molecule has 150 valence electrons. The third-order valence-electron chi connectivity index (χ3n) is 3.93. The summed E-state index contributed by atoms with van der Waals surface area (Å²) in [4.78, 5) is 6.84. The van der Waals surface area contributed by atoms with Crippen LogP contribution in [0.5, 0.6) is 0 Å². The van der Waals surface area contributed by atoms with Crippen molar-refractivity contribution in [1.82, 2.24) is 14.9 Å². The number of sulfonamides is 1. The number of thiophene rings is 1. The van der Waals surface area contributed by atoms with Crippen LogP contribution < -0.4 is 10.6 Å². The molecule has 2 rings (SSSR count). The number of thioether (sulfide) groups is 1. The summed E-state index contributed by atoms with van der Waals surface area (Å²) in [6.45, 7) is 5.81. The molecule has 0 spiro atoms. The first kappa shape index (κ1) is 24.0. The van der Waals surface area contributed by atoms with E-state index >= 15 is 0 Å². The van der Waals surface area contributed by atoms with E-state index in [4.69, 9.17) is 0 Å². The minimum Gasteiger partial charge on any atom is -0.355 e. The van der Waals surface area contributed by atoms with E-state index in [9.17, 15) is 8.42 Å². The van der Waals surface area contributed by atoms with E-state index in [-0.39, 0.29) is 35.8 Å². The summed E-state index contributed by atoms with van der Waals surface area (Å²) in [6, 6.07) is 4.50. The van der Waals surface area contributed by atoms with Gasteiger partial charge in [0, 0.05) is 60.4 Å². The summed E-state index contributed by atoms with van der Waals surface area (Å²) < 4.78 is 26.3. The first-order chi connectivity index (χ1) is 11.9. The molecule has 1 aliphatic rings. The Morgan fingerprint density at radius 2 is 2.04 bits per heavy atom. The van der Waals surface area contributed by atoms with E-state index in [0.717, 1.165) is 17.9 Å². The van der Waals surface area contributed by atoms with Gasteiger partial charge in [0.25, 0.3) is 0 Å². The standard InChI is InChI=1S/C16H28N4O2S3.HI/c1-13(12-15-5-4-14(2)24-15)19-16(17-3)18-6-11-25(21,22)20-7-9-23-10-8-20;/h4-5,13H,6-12H2,1-3H3,(H2,17,18,19);1H. The van der Waals surface area contributed by atoms with Crippen LogP contribution in [0.1, 0.15) is 16.7 Å². The van der Waals surface area contributed by atoms with Crippen molar-refractivity contribution in [2.24, 2.45) is 4.99 Å². The first-order valence-electron chi connectivity index (χ1n) is 8.49. The zero-order valence-electron chi connectivity index (χ0n) is 15.5. The number of hydrogen-bond donors (Lipinski definition) is 2. The lowest BCUT2D eigenvalue weighted by atomic mass is 10.2. The number of nitrogens with zero attached hydrogens (tertiary/aromatic N) is 2. The topological polar surface area (TPSA) is 73.8 Å². The fourth-order valence-electron chi connectivity index (χ4n) is 2.63. The second kappa shape index (κ2) is 11.7. The molecule has 1 aromatic rings. The van der Waals surface area contributed by atoms with Crippen molar-refractivity contribution in [2.45, 2.75) is 26.3 Å². The Morgan fingerprint density at radius 1 is 1.35 bits per heavy atom. The SMILES string of the molecule is CN=C(NCCS(=O)(=O)N1CCSCC1)NC(C)Cc1ccc(C)s1.I. The van der Waals surface area contributed by atoms with Gasteiger partial charge in [-0.15, -0.1) is 35.3 Å². The summed E-state index contributed by atoms with van der Waals surface area (Å²) in [5, 5.41) is 6.44. The van der Waals surface area contributed by atoms with E-state index in [1.165, 1.54) is 9.75 Å². The minimum absolute atomic E-state index is 0. The van der Waals surface area contributed by atoms with E-state index in [1.54, 1.807) is 34.5 Å². The highest BCUT2D eigenvalue weighted by Gasteiger charge is 2.23. The van der Waals surface area contributed by atoms with Crippen molar-refractivity contribution in [1.29, 1.82) is 0 Å². The lowest BCUT2D eigenvalue weighted by Gasteiger charge is -2.26. The average molecular weight is 533 g/mol. The molecule has 1 atom stereocenters. The summed E-state index contributed by atoms with van der Waals surface area (Å²) in [6.07, 6.45) is 0.920. The molecule has 1 saturated heterocycles. The molecule has 1 aromatic heterocycles. The van der Waals surface area contributed by atoms with Crippen molar-refractivity contribution in [2.75, 3.05) is 43.9 Å². The second-order valence-corrected chi connectivity index (χ2v) is 10.8. The maximum atomic E-state index is 12.3. The van der Waals surface area contributed by atoms with E-state index in [1.807, 2.05) is 0 Å². The molecule has 0 aliphatic carbocycles. The largest absolute Gasteiger partial charge is 0.355 e. The van der Waals surface area contributed by atoms with E-state index < -0.39 is 10.0 Å². The van der Waals surface area contributed by atoms with Gasteiger partial charge in [0.15, 0.2) is 5.96 Å². The number of rotatable bonds is 7. The van der Waals surface area contributed by atoms with Crippen LogP contribution in [-0.4, -0.2) is 68.7 Å². The van der Waals surface area contributed by atoms with Crippen LogP contribution in [0.25, 0.3) is 0 Å². The molecular weight excluding hydrogens is 503 g/mol. The Kier molecular flexibility index (Phi) is 10.8. The lowest BCUT2D eigenvalue weighted by molar-refractivity contribution is 0.443. The Labute approximate surface area is 182 Å². The quantitative estimate of drug-likeness (QED) is 0.320. The third kappa shape index (κ3) is 7.91. The second-order valence-electron chi connectivity index (χ2n) is 6.09. The Bertz CT molecular complexity index is 673. The van der Waals surface area contributed by atoms with Gasteiger partial charge in [0.2, 0.25) is 10.0 Å². The van der Waals surface area contributed by atoms with Crippen molar-refractivity contribution in [3.63, 3.8) is 0 Å². The molecule has 2 heterocycles. The van der Waals surface area contributed by atoms with Crippen LogP contribution in [0.2, 0.25) is 0 Å². The van der Waals surface area contributed by atoms with Gasteiger partial charge in [-0.1, -0.05) is 0 Å². The smallest absolute Gasteiger partial charge is 0.215 e. The molecule has 0 aromatic carbocycles. The third-order valence-corrected chi connectivity index (χ3v) is 7.76. The summed E-state index contributed by atoms with van der Waals surface area (Å²) >= 11 is 3.61. The number of aliphatic imine (C=N–C) groups is 1. The number of nitrogens with one attached hydrogen (secondary N) is 2. The van der Waals surface area contributed by atoms with Crippen molar-refractivity contribution in [3.05, 3.63) is 21.9 Å². The Hall–Kier alpha value is -0.0400. The molecular formula is C16H29IN4O2S3. The van der Waals surface area contributed by atoms with Gasteiger partial charge in [-0.25, -0.2) is 12.7 Å². The van der Waals surface area contributed by atoms with Gasteiger partial charge >= 0.3 is 0 Å². The van der Waals surface area contributed by atoms with Crippen LogP contribution in [0.3, 0.4) is 0 Å². The number of hydrogen-bond acceptors (Lipinski definition) is 5. The van der Waals surface area contributed by atoms with Gasteiger partial charge < -0.3 is 10.6 Å². The summed E-state index contributed by atoms with van der Waals surface area (Å²) in [5.41, 5.74) is 0.